The highest BCUT2D eigenvalue weighted by atomic mass is 35.5. The Morgan fingerprint density at radius 3 is 2.91 bits per heavy atom. The van der Waals surface area contributed by atoms with E-state index in [-0.39, 0.29) is 12.4 Å². The van der Waals surface area contributed by atoms with Gasteiger partial charge in [-0.05, 0) is 25.3 Å². The molecule has 2 N–H and O–H groups in total. The molecule has 0 aromatic carbocycles. The van der Waals surface area contributed by atoms with Gasteiger partial charge in [0, 0.05) is 16.4 Å². The van der Waals surface area contributed by atoms with Crippen LogP contribution in [0.1, 0.15) is 19.3 Å². The molecule has 62 valence electrons. The molecule has 0 radical (unpaired) electrons. The summed E-state index contributed by atoms with van der Waals surface area (Å²) < 4.78 is 0. The van der Waals surface area contributed by atoms with Crippen molar-refractivity contribution in [2.45, 2.75) is 19.3 Å². The second kappa shape index (κ2) is 3.55. The maximum atomic E-state index is 5.70. The van der Waals surface area contributed by atoms with Crippen LogP contribution in [0.25, 0.3) is 0 Å². The van der Waals surface area contributed by atoms with E-state index in [0.29, 0.717) is 0 Å². The van der Waals surface area contributed by atoms with Gasteiger partial charge >= 0.3 is 0 Å². The average molecular weight is 190 g/mol. The monoisotopic (exact) mass is 189 g/mol. The Morgan fingerprint density at radius 2 is 2.09 bits per heavy atom. The molecule has 1 nitrogen and oxygen atoms in total. The molecule has 1 heterocycles. The molecule has 1 aliphatic carbocycles. The summed E-state index contributed by atoms with van der Waals surface area (Å²) >= 11 is 1.95. The van der Waals surface area contributed by atoms with Crippen molar-refractivity contribution in [3.8, 4) is 0 Å². The lowest BCUT2D eigenvalue weighted by Gasteiger charge is -2.10. The zero-order chi connectivity index (χ0) is 6.97. The minimum atomic E-state index is 0. The van der Waals surface area contributed by atoms with Crippen LogP contribution in [0, 0.1) is 0 Å². The zero-order valence-corrected chi connectivity index (χ0v) is 7.93. The zero-order valence-electron chi connectivity index (χ0n) is 6.30. The number of hydrogen-bond acceptors (Lipinski definition) is 2. The van der Waals surface area contributed by atoms with Gasteiger partial charge in [0.15, 0.2) is 0 Å². The Hall–Kier alpha value is -0.0800. The number of thioether (sulfide) groups is 1. The molecule has 0 spiro atoms. The molecule has 0 unspecified atom stereocenters. The molecule has 0 saturated heterocycles. The van der Waals surface area contributed by atoms with Crippen LogP contribution < -0.4 is 5.73 Å². The van der Waals surface area contributed by atoms with Crippen molar-refractivity contribution in [1.82, 2.24) is 0 Å². The quantitative estimate of drug-likeness (QED) is 0.634. The second-order valence-corrected chi connectivity index (χ2v) is 3.92. The molecule has 0 amide bonds. The van der Waals surface area contributed by atoms with Gasteiger partial charge in [-0.1, -0.05) is 5.57 Å². The molecule has 0 bridgehead atoms. The van der Waals surface area contributed by atoms with Crippen LogP contribution in [0.15, 0.2) is 22.3 Å². The SMILES string of the molecule is Cl.NC1=CC2=C(CCS2)CC1. The van der Waals surface area contributed by atoms with Crippen molar-refractivity contribution in [3.63, 3.8) is 0 Å². The van der Waals surface area contributed by atoms with E-state index < -0.39 is 0 Å². The molecule has 11 heavy (non-hydrogen) atoms. The van der Waals surface area contributed by atoms with Gasteiger partial charge in [-0.3, -0.25) is 0 Å². The molecule has 0 atom stereocenters. The predicted molar refractivity (Wildman–Crippen MR) is 52.9 cm³/mol. The standard InChI is InChI=1S/C8H11NS.ClH/c9-7-2-1-6-3-4-10-8(6)5-7;/h5H,1-4,9H2;1H. The minimum absolute atomic E-state index is 0. The van der Waals surface area contributed by atoms with Crippen LogP contribution in [-0.2, 0) is 0 Å². The average Bonchev–Trinajstić information content (AvgIpc) is 2.33. The van der Waals surface area contributed by atoms with Crippen LogP contribution in [0.4, 0.5) is 0 Å². The Bertz CT molecular complexity index is 220. The van der Waals surface area contributed by atoms with Gasteiger partial charge in [0.1, 0.15) is 0 Å². The highest BCUT2D eigenvalue weighted by molar-refractivity contribution is 8.03. The fourth-order valence-electron chi connectivity index (χ4n) is 1.44. The van der Waals surface area contributed by atoms with Crippen LogP contribution in [0.3, 0.4) is 0 Å². The molecule has 0 saturated carbocycles. The molecule has 2 aliphatic rings. The third kappa shape index (κ3) is 1.74. The van der Waals surface area contributed by atoms with Gasteiger partial charge < -0.3 is 5.73 Å². The summed E-state index contributed by atoms with van der Waals surface area (Å²) in [4.78, 5) is 1.46. The van der Waals surface area contributed by atoms with Crippen molar-refractivity contribution in [3.05, 3.63) is 22.3 Å². The largest absolute Gasteiger partial charge is 0.402 e. The summed E-state index contributed by atoms with van der Waals surface area (Å²) in [5, 5.41) is 0. The predicted octanol–water partition coefficient (Wildman–Crippen LogP) is 2.44. The van der Waals surface area contributed by atoms with Crippen molar-refractivity contribution in [2.24, 2.45) is 5.73 Å². The summed E-state index contributed by atoms with van der Waals surface area (Å²) in [6.45, 7) is 0. The molecule has 2 rings (SSSR count). The van der Waals surface area contributed by atoms with Crippen LogP contribution in [0.5, 0.6) is 0 Å². The molecule has 3 heteroatoms. The molecule has 0 fully saturated rings. The van der Waals surface area contributed by atoms with E-state index in [1.54, 1.807) is 5.57 Å². The third-order valence-corrected chi connectivity index (χ3v) is 3.17. The molecule has 0 aromatic heterocycles. The fraction of sp³-hybridized carbons (Fsp3) is 0.500. The van der Waals surface area contributed by atoms with E-state index >= 15 is 0 Å². The third-order valence-electron chi connectivity index (χ3n) is 2.04. The lowest BCUT2D eigenvalue weighted by molar-refractivity contribution is 0.857. The topological polar surface area (TPSA) is 26.0 Å². The van der Waals surface area contributed by atoms with E-state index in [9.17, 15) is 0 Å². The van der Waals surface area contributed by atoms with Crippen molar-refractivity contribution in [1.29, 1.82) is 0 Å². The van der Waals surface area contributed by atoms with E-state index in [1.807, 2.05) is 11.8 Å². The van der Waals surface area contributed by atoms with E-state index in [2.05, 4.69) is 6.08 Å². The molecule has 0 aromatic rings. The maximum Gasteiger partial charge on any atom is 0.00948 e. The van der Waals surface area contributed by atoms with E-state index in [0.717, 1.165) is 12.1 Å². The first-order valence-electron chi connectivity index (χ1n) is 3.67. The molecular formula is C8H12ClNS. The highest BCUT2D eigenvalue weighted by Crippen LogP contribution is 2.38. The van der Waals surface area contributed by atoms with Gasteiger partial charge in [0.25, 0.3) is 0 Å². The lowest BCUT2D eigenvalue weighted by Crippen LogP contribution is -2.02. The van der Waals surface area contributed by atoms with Gasteiger partial charge in [-0.2, -0.15) is 0 Å². The van der Waals surface area contributed by atoms with Crippen molar-refractivity contribution >= 4 is 24.2 Å². The number of halogens is 1. The molecule has 1 aliphatic heterocycles. The first kappa shape index (κ1) is 9.01. The Balaban J connectivity index is 0.000000605. The fourth-order valence-corrected chi connectivity index (χ4v) is 2.65. The van der Waals surface area contributed by atoms with Crippen LogP contribution in [0.2, 0.25) is 0 Å². The van der Waals surface area contributed by atoms with Gasteiger partial charge in [0.05, 0.1) is 0 Å². The van der Waals surface area contributed by atoms with Crippen molar-refractivity contribution in [2.75, 3.05) is 5.75 Å². The smallest absolute Gasteiger partial charge is 0.00948 e. The lowest BCUT2D eigenvalue weighted by atomic mass is 10.0. The van der Waals surface area contributed by atoms with Crippen LogP contribution >= 0.6 is 24.2 Å². The number of allylic oxidation sites excluding steroid dienone is 3. The van der Waals surface area contributed by atoms with Gasteiger partial charge in [-0.15, -0.1) is 24.2 Å². The van der Waals surface area contributed by atoms with Crippen LogP contribution in [-0.4, -0.2) is 5.75 Å². The normalized spacial score (nSPS) is 22.4. The Morgan fingerprint density at radius 1 is 1.27 bits per heavy atom. The number of nitrogens with two attached hydrogens (primary N) is 1. The Kier molecular flexibility index (Phi) is 2.90. The first-order valence-corrected chi connectivity index (χ1v) is 4.66. The number of hydrogen-bond donors (Lipinski definition) is 1. The summed E-state index contributed by atoms with van der Waals surface area (Å²) in [6, 6.07) is 0. The first-order chi connectivity index (χ1) is 4.86. The summed E-state index contributed by atoms with van der Waals surface area (Å²) in [6.07, 6.45) is 5.74. The minimum Gasteiger partial charge on any atom is -0.402 e. The van der Waals surface area contributed by atoms with Crippen molar-refractivity contribution < 1.29 is 0 Å². The highest BCUT2D eigenvalue weighted by Gasteiger charge is 2.16. The summed E-state index contributed by atoms with van der Waals surface area (Å²) in [5.74, 6) is 1.27. The van der Waals surface area contributed by atoms with E-state index in [4.69, 9.17) is 5.73 Å². The maximum absolute atomic E-state index is 5.70. The number of rotatable bonds is 0. The summed E-state index contributed by atoms with van der Waals surface area (Å²) in [7, 11) is 0. The van der Waals surface area contributed by atoms with E-state index in [1.165, 1.54) is 23.5 Å². The molecular weight excluding hydrogens is 178 g/mol. The Labute approximate surface area is 77.5 Å². The summed E-state index contributed by atoms with van der Waals surface area (Å²) in [5.41, 5.74) is 8.41. The van der Waals surface area contributed by atoms with Gasteiger partial charge in [0.2, 0.25) is 0 Å². The second-order valence-electron chi connectivity index (χ2n) is 2.79. The van der Waals surface area contributed by atoms with Gasteiger partial charge in [-0.25, -0.2) is 0 Å².